The van der Waals surface area contributed by atoms with Gasteiger partial charge in [0.2, 0.25) is 0 Å². The molecule has 0 aliphatic carbocycles. The van der Waals surface area contributed by atoms with E-state index in [2.05, 4.69) is 0 Å². The summed E-state index contributed by atoms with van der Waals surface area (Å²) in [6.07, 6.45) is -1.45. The third kappa shape index (κ3) is 2.76. The number of nitrogens with zero attached hydrogens (tertiary/aromatic N) is 1. The number of hydrogen-bond donors (Lipinski definition) is 2. The molecule has 0 saturated carbocycles. The number of benzene rings is 2. The standard InChI is InChI=1S/C17H15NO5/c19-16(20)13-14(11-7-3-1-4-8-11)18(23-15(13)17(21)22)12-9-5-2-6-10-12/h1-10,13-15H,(H,19,20)(H,21,22)/t13-,14-,15-/m1/s1. The second-order valence-electron chi connectivity index (χ2n) is 5.25. The molecule has 1 heterocycles. The lowest BCUT2D eigenvalue weighted by atomic mass is 9.89. The summed E-state index contributed by atoms with van der Waals surface area (Å²) in [6.45, 7) is 0. The quantitative estimate of drug-likeness (QED) is 0.901. The molecule has 6 nitrogen and oxygen atoms in total. The zero-order valence-corrected chi connectivity index (χ0v) is 12.1. The molecule has 118 valence electrons. The molecule has 1 aliphatic rings. The van der Waals surface area contributed by atoms with Crippen LogP contribution in [0.2, 0.25) is 0 Å². The maximum atomic E-state index is 11.7. The monoisotopic (exact) mass is 313 g/mol. The van der Waals surface area contributed by atoms with Gasteiger partial charge in [0.25, 0.3) is 0 Å². The molecule has 3 rings (SSSR count). The lowest BCUT2D eigenvalue weighted by Gasteiger charge is -2.26. The highest BCUT2D eigenvalue weighted by Gasteiger charge is 2.52. The van der Waals surface area contributed by atoms with Crippen molar-refractivity contribution in [3.63, 3.8) is 0 Å². The second-order valence-corrected chi connectivity index (χ2v) is 5.25. The first-order valence-electron chi connectivity index (χ1n) is 7.11. The summed E-state index contributed by atoms with van der Waals surface area (Å²) in [5, 5.41) is 20.3. The fourth-order valence-corrected chi connectivity index (χ4v) is 2.82. The lowest BCUT2D eigenvalue weighted by molar-refractivity contribution is -0.157. The predicted molar refractivity (Wildman–Crippen MR) is 81.7 cm³/mol. The number of rotatable bonds is 4. The first-order valence-corrected chi connectivity index (χ1v) is 7.11. The zero-order chi connectivity index (χ0) is 16.4. The van der Waals surface area contributed by atoms with Crippen LogP contribution in [0.4, 0.5) is 5.69 Å². The van der Waals surface area contributed by atoms with Crippen molar-refractivity contribution in [1.82, 2.24) is 0 Å². The number of para-hydroxylation sites is 1. The lowest BCUT2D eigenvalue weighted by Crippen LogP contribution is -2.34. The van der Waals surface area contributed by atoms with E-state index in [0.29, 0.717) is 11.3 Å². The van der Waals surface area contributed by atoms with Crippen LogP contribution in [0.3, 0.4) is 0 Å². The third-order valence-corrected chi connectivity index (χ3v) is 3.83. The van der Waals surface area contributed by atoms with Crippen molar-refractivity contribution in [2.45, 2.75) is 12.1 Å². The smallest absolute Gasteiger partial charge is 0.336 e. The summed E-state index contributed by atoms with van der Waals surface area (Å²) in [7, 11) is 0. The number of anilines is 1. The van der Waals surface area contributed by atoms with E-state index in [4.69, 9.17) is 4.84 Å². The van der Waals surface area contributed by atoms with E-state index >= 15 is 0 Å². The van der Waals surface area contributed by atoms with Crippen molar-refractivity contribution in [1.29, 1.82) is 0 Å². The Bertz CT molecular complexity index is 703. The molecule has 0 aromatic heterocycles. The minimum absolute atomic E-state index is 0.608. The molecular formula is C17H15NO5. The number of aliphatic carboxylic acids is 2. The first-order chi connectivity index (χ1) is 11.1. The summed E-state index contributed by atoms with van der Waals surface area (Å²) in [5.41, 5.74) is 1.30. The highest BCUT2D eigenvalue weighted by molar-refractivity contribution is 5.84. The summed E-state index contributed by atoms with van der Waals surface area (Å²) in [5.74, 6) is -3.71. The van der Waals surface area contributed by atoms with E-state index in [1.165, 1.54) is 5.06 Å². The van der Waals surface area contributed by atoms with Gasteiger partial charge in [0, 0.05) is 0 Å². The van der Waals surface area contributed by atoms with Gasteiger partial charge in [-0.25, -0.2) is 9.86 Å². The number of carboxylic acids is 2. The largest absolute Gasteiger partial charge is 0.481 e. The van der Waals surface area contributed by atoms with E-state index in [1.54, 1.807) is 48.5 Å². The van der Waals surface area contributed by atoms with Gasteiger partial charge in [-0.15, -0.1) is 0 Å². The van der Waals surface area contributed by atoms with Crippen molar-refractivity contribution in [3.8, 4) is 0 Å². The fraction of sp³-hybridized carbons (Fsp3) is 0.176. The van der Waals surface area contributed by atoms with Crippen LogP contribution in [0, 0.1) is 5.92 Å². The number of carboxylic acid groups (broad SMARTS) is 2. The summed E-state index contributed by atoms with van der Waals surface area (Å²) < 4.78 is 0. The zero-order valence-electron chi connectivity index (χ0n) is 12.1. The van der Waals surface area contributed by atoms with Crippen LogP contribution in [-0.4, -0.2) is 28.3 Å². The minimum atomic E-state index is -1.45. The molecule has 6 heteroatoms. The van der Waals surface area contributed by atoms with Gasteiger partial charge in [-0.2, -0.15) is 0 Å². The molecule has 3 atom stereocenters. The number of hydroxylamine groups is 1. The Balaban J connectivity index is 2.10. The first kappa shape index (κ1) is 15.1. The molecule has 1 aliphatic heterocycles. The van der Waals surface area contributed by atoms with Gasteiger partial charge in [-0.3, -0.25) is 9.63 Å². The van der Waals surface area contributed by atoms with E-state index in [0.717, 1.165) is 0 Å². The van der Waals surface area contributed by atoms with Gasteiger partial charge in [0.05, 0.1) is 11.7 Å². The second kappa shape index (κ2) is 6.10. The van der Waals surface area contributed by atoms with Crippen LogP contribution >= 0.6 is 0 Å². The molecule has 1 fully saturated rings. The van der Waals surface area contributed by atoms with Crippen LogP contribution in [0.1, 0.15) is 11.6 Å². The SMILES string of the molecule is O=C(O)[C@@H]1[C@@H](c2ccccc2)N(c2ccccc2)O[C@H]1C(=O)O. The highest BCUT2D eigenvalue weighted by Crippen LogP contribution is 2.42. The van der Waals surface area contributed by atoms with Crippen molar-refractivity contribution in [3.05, 3.63) is 66.2 Å². The van der Waals surface area contributed by atoms with Crippen molar-refractivity contribution < 1.29 is 24.6 Å². The molecule has 1 saturated heterocycles. The number of hydrogen-bond acceptors (Lipinski definition) is 4. The normalized spacial score (nSPS) is 23.7. The Hall–Kier alpha value is -2.86. The molecule has 23 heavy (non-hydrogen) atoms. The van der Waals surface area contributed by atoms with E-state index in [-0.39, 0.29) is 0 Å². The highest BCUT2D eigenvalue weighted by atomic mass is 16.7. The molecule has 2 aromatic rings. The van der Waals surface area contributed by atoms with Crippen LogP contribution < -0.4 is 5.06 Å². The maximum Gasteiger partial charge on any atom is 0.336 e. The average Bonchev–Trinajstić information content (AvgIpc) is 2.97. The molecule has 2 aromatic carbocycles. The minimum Gasteiger partial charge on any atom is -0.481 e. The van der Waals surface area contributed by atoms with Crippen LogP contribution in [0.25, 0.3) is 0 Å². The van der Waals surface area contributed by atoms with E-state index in [1.807, 2.05) is 12.1 Å². The topological polar surface area (TPSA) is 87.1 Å². The molecule has 0 amide bonds. The van der Waals surface area contributed by atoms with Gasteiger partial charge < -0.3 is 10.2 Å². The van der Waals surface area contributed by atoms with Gasteiger partial charge >= 0.3 is 11.9 Å². The molecule has 0 bridgehead atoms. The Morgan fingerprint density at radius 1 is 0.870 bits per heavy atom. The predicted octanol–water partition coefficient (Wildman–Crippen LogP) is 2.33. The fourth-order valence-electron chi connectivity index (χ4n) is 2.82. The third-order valence-electron chi connectivity index (χ3n) is 3.83. The molecule has 0 spiro atoms. The van der Waals surface area contributed by atoms with E-state index in [9.17, 15) is 19.8 Å². The molecule has 0 unspecified atom stereocenters. The van der Waals surface area contributed by atoms with Gasteiger partial charge in [-0.1, -0.05) is 48.5 Å². The van der Waals surface area contributed by atoms with E-state index < -0.39 is 30.0 Å². The summed E-state index contributed by atoms with van der Waals surface area (Å²) in [6, 6.07) is 17.1. The van der Waals surface area contributed by atoms with Gasteiger partial charge in [0.15, 0.2) is 6.10 Å². The van der Waals surface area contributed by atoms with Crippen LogP contribution in [0.15, 0.2) is 60.7 Å². The van der Waals surface area contributed by atoms with Crippen molar-refractivity contribution >= 4 is 17.6 Å². The van der Waals surface area contributed by atoms with Crippen LogP contribution in [-0.2, 0) is 14.4 Å². The summed E-state index contributed by atoms with van der Waals surface area (Å²) >= 11 is 0. The Labute approximate surface area is 132 Å². The van der Waals surface area contributed by atoms with Crippen molar-refractivity contribution in [2.24, 2.45) is 5.92 Å². The Morgan fingerprint density at radius 3 is 1.96 bits per heavy atom. The Morgan fingerprint density at radius 2 is 1.43 bits per heavy atom. The maximum absolute atomic E-state index is 11.7. The molecule has 0 radical (unpaired) electrons. The Kier molecular flexibility index (Phi) is 3.99. The average molecular weight is 313 g/mol. The molecule has 2 N–H and O–H groups in total. The van der Waals surface area contributed by atoms with Gasteiger partial charge in [-0.05, 0) is 17.7 Å². The summed E-state index contributed by atoms with van der Waals surface area (Å²) in [4.78, 5) is 28.7. The number of carbonyl (C=O) groups is 2. The van der Waals surface area contributed by atoms with Crippen LogP contribution in [0.5, 0.6) is 0 Å². The van der Waals surface area contributed by atoms with Crippen molar-refractivity contribution in [2.75, 3.05) is 5.06 Å². The molecular weight excluding hydrogens is 298 g/mol. The van der Waals surface area contributed by atoms with Gasteiger partial charge in [0.1, 0.15) is 5.92 Å².